The van der Waals surface area contributed by atoms with Crippen molar-refractivity contribution < 1.29 is 9.90 Å². The van der Waals surface area contributed by atoms with Gasteiger partial charge in [-0.15, -0.1) is 0 Å². The fourth-order valence-electron chi connectivity index (χ4n) is 2.52. The van der Waals surface area contributed by atoms with Crippen molar-refractivity contribution in [3.05, 3.63) is 4.88 Å². The minimum absolute atomic E-state index is 0.0354. The van der Waals surface area contributed by atoms with Crippen molar-refractivity contribution in [2.75, 3.05) is 37.3 Å². The van der Waals surface area contributed by atoms with E-state index in [1.807, 2.05) is 11.8 Å². The Morgan fingerprint density at radius 3 is 3.15 bits per heavy atom. The van der Waals surface area contributed by atoms with Crippen molar-refractivity contribution in [2.45, 2.75) is 26.2 Å². The van der Waals surface area contributed by atoms with E-state index in [0.29, 0.717) is 28.3 Å². The third-order valence-corrected chi connectivity index (χ3v) is 4.54. The molecule has 1 unspecified atom stereocenters. The van der Waals surface area contributed by atoms with E-state index in [-0.39, 0.29) is 12.5 Å². The number of anilines is 2. The largest absolute Gasteiger partial charge is 0.396 e. The third kappa shape index (κ3) is 3.40. The van der Waals surface area contributed by atoms with Crippen LogP contribution in [0.25, 0.3) is 0 Å². The standard InChI is InChI=1S/C13H22N4O2S/c1-2-15-13-16-11(14)10(20-13)12(19)17-6-3-4-9(8-17)5-7-18/h9,18H,2-8,14H2,1H3,(H,15,16). The number of aliphatic hydroxyl groups is 1. The first kappa shape index (κ1) is 15.1. The van der Waals surface area contributed by atoms with E-state index in [4.69, 9.17) is 10.8 Å². The number of hydrogen-bond donors (Lipinski definition) is 3. The summed E-state index contributed by atoms with van der Waals surface area (Å²) in [5, 5.41) is 12.8. The van der Waals surface area contributed by atoms with E-state index in [0.717, 1.165) is 32.4 Å². The van der Waals surface area contributed by atoms with Gasteiger partial charge in [-0.1, -0.05) is 11.3 Å². The number of thiazole rings is 1. The molecule has 0 saturated carbocycles. The van der Waals surface area contributed by atoms with Crippen LogP contribution < -0.4 is 11.1 Å². The minimum atomic E-state index is -0.0354. The van der Waals surface area contributed by atoms with E-state index in [2.05, 4.69) is 10.3 Å². The highest BCUT2D eigenvalue weighted by Gasteiger charge is 2.27. The van der Waals surface area contributed by atoms with Crippen LogP contribution in [0, 0.1) is 5.92 Å². The Kier molecular flexibility index (Phi) is 5.19. The number of carbonyl (C=O) groups excluding carboxylic acids is 1. The predicted molar refractivity (Wildman–Crippen MR) is 81.0 cm³/mol. The molecular formula is C13H22N4O2S. The van der Waals surface area contributed by atoms with Crippen LogP contribution in [0.1, 0.15) is 35.9 Å². The van der Waals surface area contributed by atoms with E-state index >= 15 is 0 Å². The van der Waals surface area contributed by atoms with Gasteiger partial charge in [0.25, 0.3) is 5.91 Å². The number of piperidine rings is 1. The summed E-state index contributed by atoms with van der Waals surface area (Å²) in [5.41, 5.74) is 5.84. The SMILES string of the molecule is CCNc1nc(N)c(C(=O)N2CCCC(CCO)C2)s1. The van der Waals surface area contributed by atoms with Crippen LogP contribution in [0.4, 0.5) is 10.9 Å². The summed E-state index contributed by atoms with van der Waals surface area (Å²) in [6, 6.07) is 0. The predicted octanol–water partition coefficient (Wildman–Crippen LogP) is 1.39. The van der Waals surface area contributed by atoms with Gasteiger partial charge in [-0.05, 0) is 32.1 Å². The molecular weight excluding hydrogens is 276 g/mol. The molecule has 1 fully saturated rings. The second kappa shape index (κ2) is 6.90. The first-order valence-corrected chi connectivity index (χ1v) is 7.87. The fraction of sp³-hybridized carbons (Fsp3) is 0.692. The van der Waals surface area contributed by atoms with Crippen molar-refractivity contribution in [3.8, 4) is 0 Å². The molecule has 0 spiro atoms. The van der Waals surface area contributed by atoms with Gasteiger partial charge in [-0.2, -0.15) is 0 Å². The van der Waals surface area contributed by atoms with Crippen molar-refractivity contribution in [3.63, 3.8) is 0 Å². The number of aliphatic hydroxyl groups excluding tert-OH is 1. The van der Waals surface area contributed by atoms with E-state index in [1.165, 1.54) is 11.3 Å². The number of carbonyl (C=O) groups is 1. The lowest BCUT2D eigenvalue weighted by Crippen LogP contribution is -2.40. The summed E-state index contributed by atoms with van der Waals surface area (Å²) < 4.78 is 0. The molecule has 2 heterocycles. The van der Waals surface area contributed by atoms with Crippen molar-refractivity contribution >= 4 is 28.2 Å². The Morgan fingerprint density at radius 2 is 2.45 bits per heavy atom. The second-order valence-electron chi connectivity index (χ2n) is 5.04. The minimum Gasteiger partial charge on any atom is -0.396 e. The summed E-state index contributed by atoms with van der Waals surface area (Å²) in [5.74, 6) is 0.659. The normalized spacial score (nSPS) is 19.1. The lowest BCUT2D eigenvalue weighted by Gasteiger charge is -2.32. The number of nitrogens with one attached hydrogen (secondary N) is 1. The average molecular weight is 298 g/mol. The summed E-state index contributed by atoms with van der Waals surface area (Å²) >= 11 is 1.31. The zero-order valence-electron chi connectivity index (χ0n) is 11.8. The van der Waals surface area contributed by atoms with Crippen LogP contribution >= 0.6 is 11.3 Å². The van der Waals surface area contributed by atoms with Gasteiger partial charge in [-0.25, -0.2) is 4.98 Å². The lowest BCUT2D eigenvalue weighted by atomic mass is 9.95. The third-order valence-electron chi connectivity index (χ3n) is 3.52. The number of likely N-dealkylation sites (tertiary alicyclic amines) is 1. The van der Waals surface area contributed by atoms with Gasteiger partial charge in [0.1, 0.15) is 10.7 Å². The first-order chi connectivity index (χ1) is 9.65. The second-order valence-corrected chi connectivity index (χ2v) is 6.03. The van der Waals surface area contributed by atoms with Crippen LogP contribution in [-0.2, 0) is 0 Å². The van der Waals surface area contributed by atoms with Crippen molar-refractivity contribution in [1.82, 2.24) is 9.88 Å². The highest BCUT2D eigenvalue weighted by molar-refractivity contribution is 7.18. The molecule has 6 nitrogen and oxygen atoms in total. The summed E-state index contributed by atoms with van der Waals surface area (Å²) in [6.07, 6.45) is 2.81. The molecule has 1 atom stereocenters. The Hall–Kier alpha value is -1.34. The van der Waals surface area contributed by atoms with Gasteiger partial charge in [-0.3, -0.25) is 4.79 Å². The van der Waals surface area contributed by atoms with E-state index in [9.17, 15) is 4.79 Å². The maximum atomic E-state index is 12.5. The number of nitrogen functional groups attached to an aromatic ring is 1. The average Bonchev–Trinajstić information content (AvgIpc) is 2.80. The van der Waals surface area contributed by atoms with Gasteiger partial charge < -0.3 is 21.1 Å². The van der Waals surface area contributed by atoms with E-state index in [1.54, 1.807) is 0 Å². The van der Waals surface area contributed by atoms with Crippen molar-refractivity contribution in [1.29, 1.82) is 0 Å². The number of nitrogens with two attached hydrogens (primary N) is 1. The van der Waals surface area contributed by atoms with Gasteiger partial charge in [0, 0.05) is 26.2 Å². The molecule has 1 aromatic rings. The Morgan fingerprint density at radius 1 is 1.65 bits per heavy atom. The maximum Gasteiger partial charge on any atom is 0.267 e. The number of amides is 1. The highest BCUT2D eigenvalue weighted by Crippen LogP contribution is 2.28. The molecule has 20 heavy (non-hydrogen) atoms. The molecule has 4 N–H and O–H groups in total. The molecule has 1 aromatic heterocycles. The molecule has 7 heteroatoms. The van der Waals surface area contributed by atoms with Gasteiger partial charge in [0.2, 0.25) is 0 Å². The summed E-state index contributed by atoms with van der Waals surface area (Å²) in [4.78, 5) is 19.0. The van der Waals surface area contributed by atoms with Crippen LogP contribution in [0.15, 0.2) is 0 Å². The molecule has 112 valence electrons. The van der Waals surface area contributed by atoms with E-state index < -0.39 is 0 Å². The summed E-state index contributed by atoms with van der Waals surface area (Å²) in [7, 11) is 0. The number of hydrogen-bond acceptors (Lipinski definition) is 6. The number of aromatic nitrogens is 1. The van der Waals surface area contributed by atoms with Gasteiger partial charge in [0.15, 0.2) is 5.13 Å². The quantitative estimate of drug-likeness (QED) is 0.764. The zero-order valence-corrected chi connectivity index (χ0v) is 12.6. The molecule has 1 amide bonds. The molecule has 1 aliphatic rings. The zero-order chi connectivity index (χ0) is 14.5. The topological polar surface area (TPSA) is 91.5 Å². The Labute approximate surface area is 123 Å². The van der Waals surface area contributed by atoms with Crippen LogP contribution in [0.3, 0.4) is 0 Å². The number of nitrogens with zero attached hydrogens (tertiary/aromatic N) is 2. The molecule has 0 aromatic carbocycles. The van der Waals surface area contributed by atoms with Crippen LogP contribution in [0.5, 0.6) is 0 Å². The Balaban J connectivity index is 2.06. The Bertz CT molecular complexity index is 461. The molecule has 2 rings (SSSR count). The van der Waals surface area contributed by atoms with Gasteiger partial charge in [0.05, 0.1) is 0 Å². The lowest BCUT2D eigenvalue weighted by molar-refractivity contribution is 0.0659. The fourth-order valence-corrected chi connectivity index (χ4v) is 3.44. The monoisotopic (exact) mass is 298 g/mol. The molecule has 1 aliphatic heterocycles. The number of rotatable bonds is 5. The molecule has 0 aliphatic carbocycles. The van der Waals surface area contributed by atoms with Gasteiger partial charge >= 0.3 is 0 Å². The van der Waals surface area contributed by atoms with Crippen LogP contribution in [0.2, 0.25) is 0 Å². The summed E-state index contributed by atoms with van der Waals surface area (Å²) in [6.45, 7) is 4.37. The molecule has 0 bridgehead atoms. The first-order valence-electron chi connectivity index (χ1n) is 7.06. The molecule has 0 radical (unpaired) electrons. The maximum absolute atomic E-state index is 12.5. The highest BCUT2D eigenvalue weighted by atomic mass is 32.1. The molecule has 1 saturated heterocycles. The van der Waals surface area contributed by atoms with Crippen molar-refractivity contribution in [2.24, 2.45) is 5.92 Å². The smallest absolute Gasteiger partial charge is 0.267 e. The van der Waals surface area contributed by atoms with Crippen LogP contribution in [-0.4, -0.2) is 47.1 Å².